The molecule has 0 aliphatic heterocycles. The molecule has 5 nitrogen and oxygen atoms in total. The molecule has 4 rings (SSSR count). The van der Waals surface area contributed by atoms with Crippen molar-refractivity contribution in [3.63, 3.8) is 0 Å². The Labute approximate surface area is 184 Å². The first-order chi connectivity index (χ1) is 15.3. The molecule has 0 aliphatic rings. The Morgan fingerprint density at radius 2 is 1.78 bits per heavy atom. The Bertz CT molecular complexity index is 1490. The molecular formula is C25H20FNO4S. The lowest BCUT2D eigenvalue weighted by atomic mass is 9.98. The van der Waals surface area contributed by atoms with E-state index in [1.165, 1.54) is 24.3 Å². The fraction of sp³-hybridized carbons (Fsp3) is 0.0800. The Kier molecular flexibility index (Phi) is 5.67. The van der Waals surface area contributed by atoms with E-state index in [2.05, 4.69) is 11.3 Å². The van der Waals surface area contributed by atoms with Crippen LogP contribution in [0.5, 0.6) is 0 Å². The molecule has 1 heterocycles. The molecule has 32 heavy (non-hydrogen) atoms. The molecule has 0 bridgehead atoms. The zero-order valence-corrected chi connectivity index (χ0v) is 18.1. The van der Waals surface area contributed by atoms with Gasteiger partial charge in [-0.2, -0.15) is 0 Å². The van der Waals surface area contributed by atoms with Crippen LogP contribution in [0.4, 0.5) is 10.1 Å². The second-order valence-corrected chi connectivity index (χ2v) is 9.06. The third-order valence-corrected chi connectivity index (χ3v) is 6.45. The number of benzene rings is 3. The molecule has 1 aromatic heterocycles. The van der Waals surface area contributed by atoms with Gasteiger partial charge in [-0.05, 0) is 55.1 Å². The number of allylic oxidation sites excluding steroid dienone is 1. The highest BCUT2D eigenvalue weighted by Crippen LogP contribution is 2.31. The molecular weight excluding hydrogens is 429 g/mol. The maximum absolute atomic E-state index is 13.7. The van der Waals surface area contributed by atoms with Crippen LogP contribution in [0.3, 0.4) is 0 Å². The molecule has 0 atom stereocenters. The van der Waals surface area contributed by atoms with E-state index in [9.17, 15) is 17.6 Å². The lowest BCUT2D eigenvalue weighted by molar-refractivity contribution is 0.529. The third-order valence-electron chi connectivity index (χ3n) is 5.05. The molecule has 0 amide bonds. The first kappa shape index (κ1) is 21.5. The van der Waals surface area contributed by atoms with E-state index in [4.69, 9.17) is 4.42 Å². The first-order valence-electron chi connectivity index (χ1n) is 9.84. The highest BCUT2D eigenvalue weighted by atomic mass is 32.2. The molecule has 162 valence electrons. The molecule has 4 aromatic rings. The number of hydrogen-bond donors (Lipinski definition) is 1. The first-order valence-corrected chi connectivity index (χ1v) is 11.3. The largest absolute Gasteiger partial charge is 0.422 e. The van der Waals surface area contributed by atoms with Crippen molar-refractivity contribution in [2.24, 2.45) is 0 Å². The fourth-order valence-electron chi connectivity index (χ4n) is 3.52. The summed E-state index contributed by atoms with van der Waals surface area (Å²) in [5, 5.41) is 0.699. The maximum atomic E-state index is 13.7. The molecule has 0 saturated heterocycles. The van der Waals surface area contributed by atoms with Gasteiger partial charge >= 0.3 is 5.63 Å². The van der Waals surface area contributed by atoms with E-state index in [0.717, 1.165) is 11.6 Å². The van der Waals surface area contributed by atoms with Gasteiger partial charge in [0.05, 0.1) is 10.3 Å². The summed E-state index contributed by atoms with van der Waals surface area (Å²) in [4.78, 5) is 12.7. The highest BCUT2D eigenvalue weighted by molar-refractivity contribution is 7.92. The lowest BCUT2D eigenvalue weighted by Crippen LogP contribution is -2.13. The molecule has 0 saturated carbocycles. The predicted molar refractivity (Wildman–Crippen MR) is 124 cm³/mol. The van der Waals surface area contributed by atoms with Crippen LogP contribution in [0, 0.1) is 12.7 Å². The number of rotatable bonds is 6. The fourth-order valence-corrected chi connectivity index (χ4v) is 4.57. The summed E-state index contributed by atoms with van der Waals surface area (Å²) >= 11 is 0. The van der Waals surface area contributed by atoms with Crippen molar-refractivity contribution < 1.29 is 17.2 Å². The minimum atomic E-state index is -3.80. The molecule has 0 fully saturated rings. The third kappa shape index (κ3) is 4.20. The Hall–Kier alpha value is -3.71. The van der Waals surface area contributed by atoms with Gasteiger partial charge in [0, 0.05) is 16.8 Å². The van der Waals surface area contributed by atoms with Crippen molar-refractivity contribution in [3.8, 4) is 11.3 Å². The Balaban J connectivity index is 1.80. The topological polar surface area (TPSA) is 76.4 Å². The number of halogens is 1. The molecule has 0 spiro atoms. The van der Waals surface area contributed by atoms with Crippen LogP contribution >= 0.6 is 0 Å². The molecule has 0 aliphatic carbocycles. The zero-order chi connectivity index (χ0) is 22.9. The number of sulfonamides is 1. The van der Waals surface area contributed by atoms with Gasteiger partial charge < -0.3 is 4.42 Å². The van der Waals surface area contributed by atoms with Crippen LogP contribution < -0.4 is 10.3 Å². The zero-order valence-electron chi connectivity index (χ0n) is 17.3. The van der Waals surface area contributed by atoms with Crippen molar-refractivity contribution in [3.05, 3.63) is 107 Å². The summed E-state index contributed by atoms with van der Waals surface area (Å²) in [6, 6.07) is 17.0. The summed E-state index contributed by atoms with van der Waals surface area (Å²) in [7, 11) is -3.80. The van der Waals surface area contributed by atoms with E-state index in [1.807, 2.05) is 6.92 Å². The SMILES string of the molecule is C=CCc1c(-c2cccc(NS(=O)(=O)c3ccc(C)cc3)c2)oc(=O)c2cc(F)ccc12. The monoisotopic (exact) mass is 449 g/mol. The van der Waals surface area contributed by atoms with Gasteiger partial charge in [0.25, 0.3) is 10.0 Å². The predicted octanol–water partition coefficient (Wildman–Crippen LogP) is 5.44. The standard InChI is InChI=1S/C25H20FNO4S/c1-3-5-22-21-13-10-18(26)15-23(21)25(28)31-24(22)17-6-4-7-19(14-17)27-32(29,30)20-11-8-16(2)9-12-20/h3-4,6-15,27H,1,5H2,2H3. The Morgan fingerprint density at radius 1 is 1.03 bits per heavy atom. The average molecular weight is 450 g/mol. The van der Waals surface area contributed by atoms with Crippen LogP contribution in [0.25, 0.3) is 22.1 Å². The van der Waals surface area contributed by atoms with Crippen LogP contribution in [0.15, 0.2) is 93.5 Å². The number of nitrogens with one attached hydrogen (secondary N) is 1. The van der Waals surface area contributed by atoms with E-state index in [-0.39, 0.29) is 16.0 Å². The smallest absolute Gasteiger partial charge is 0.344 e. The van der Waals surface area contributed by atoms with Gasteiger partial charge in [-0.3, -0.25) is 4.72 Å². The van der Waals surface area contributed by atoms with Gasteiger partial charge in [-0.1, -0.05) is 42.0 Å². The van der Waals surface area contributed by atoms with Gasteiger partial charge in [0.15, 0.2) is 0 Å². The van der Waals surface area contributed by atoms with Crippen molar-refractivity contribution >= 4 is 26.5 Å². The van der Waals surface area contributed by atoms with E-state index in [1.54, 1.807) is 42.5 Å². The van der Waals surface area contributed by atoms with Crippen LogP contribution in [-0.4, -0.2) is 8.42 Å². The lowest BCUT2D eigenvalue weighted by Gasteiger charge is -2.13. The number of fused-ring (bicyclic) bond motifs is 1. The quantitative estimate of drug-likeness (QED) is 0.398. The maximum Gasteiger partial charge on any atom is 0.344 e. The summed E-state index contributed by atoms with van der Waals surface area (Å²) in [5.41, 5.74) is 1.76. The number of hydrogen-bond acceptors (Lipinski definition) is 4. The van der Waals surface area contributed by atoms with E-state index in [0.29, 0.717) is 28.6 Å². The second kappa shape index (κ2) is 8.43. The average Bonchev–Trinajstić information content (AvgIpc) is 2.76. The number of aryl methyl sites for hydroxylation is 1. The summed E-state index contributed by atoms with van der Waals surface area (Å²) < 4.78 is 47.3. The van der Waals surface area contributed by atoms with Crippen LogP contribution in [0.2, 0.25) is 0 Å². The summed E-state index contributed by atoms with van der Waals surface area (Å²) in [5.74, 6) is -0.250. The van der Waals surface area contributed by atoms with Crippen molar-refractivity contribution in [1.29, 1.82) is 0 Å². The summed E-state index contributed by atoms with van der Waals surface area (Å²) in [6.07, 6.45) is 2.03. The summed E-state index contributed by atoms with van der Waals surface area (Å²) in [6.45, 7) is 5.63. The number of anilines is 1. The minimum Gasteiger partial charge on any atom is -0.422 e. The van der Waals surface area contributed by atoms with Crippen LogP contribution in [0.1, 0.15) is 11.1 Å². The van der Waals surface area contributed by atoms with Gasteiger partial charge in [-0.25, -0.2) is 17.6 Å². The van der Waals surface area contributed by atoms with Gasteiger partial charge in [0.2, 0.25) is 0 Å². The van der Waals surface area contributed by atoms with Crippen LogP contribution in [-0.2, 0) is 16.4 Å². The van der Waals surface area contributed by atoms with Gasteiger partial charge in [0.1, 0.15) is 11.6 Å². The van der Waals surface area contributed by atoms with Crippen molar-refractivity contribution in [2.75, 3.05) is 4.72 Å². The second-order valence-electron chi connectivity index (χ2n) is 7.38. The Morgan fingerprint density at radius 3 is 2.50 bits per heavy atom. The molecule has 3 aromatic carbocycles. The van der Waals surface area contributed by atoms with Crippen molar-refractivity contribution in [1.82, 2.24) is 0 Å². The molecule has 0 radical (unpaired) electrons. The normalized spacial score (nSPS) is 11.4. The highest BCUT2D eigenvalue weighted by Gasteiger charge is 2.18. The molecule has 7 heteroatoms. The van der Waals surface area contributed by atoms with E-state index >= 15 is 0 Å². The molecule has 1 N–H and O–H groups in total. The van der Waals surface area contributed by atoms with Gasteiger partial charge in [-0.15, -0.1) is 6.58 Å². The van der Waals surface area contributed by atoms with Crippen molar-refractivity contribution in [2.45, 2.75) is 18.2 Å². The molecule has 0 unspecified atom stereocenters. The minimum absolute atomic E-state index is 0.139. The van der Waals surface area contributed by atoms with E-state index < -0.39 is 21.5 Å².